The number of carbonyl (C=O) groups is 2. The van der Waals surface area contributed by atoms with Crippen molar-refractivity contribution in [3.8, 4) is 0 Å². The van der Waals surface area contributed by atoms with Crippen LogP contribution in [0, 0.1) is 13.8 Å². The molecule has 0 saturated carbocycles. The minimum Gasteiger partial charge on any atom is -0.334 e. The number of hydrogen-bond donors (Lipinski definition) is 1. The fourth-order valence-corrected chi connectivity index (χ4v) is 4.77. The third-order valence-electron chi connectivity index (χ3n) is 6.02. The molecule has 27 heavy (non-hydrogen) atoms. The second-order valence-electron chi connectivity index (χ2n) is 7.44. The van der Waals surface area contributed by atoms with Crippen molar-refractivity contribution in [2.45, 2.75) is 51.5 Å². The SMILES string of the molecule is CCC[C@@H]1N(C(=O)c2c(C)ncnc2C)CC[C@@]12C(=O)Nc1ccccc12. The van der Waals surface area contributed by atoms with Gasteiger partial charge in [-0.15, -0.1) is 0 Å². The van der Waals surface area contributed by atoms with Crippen LogP contribution in [0.1, 0.15) is 53.5 Å². The van der Waals surface area contributed by atoms with Crippen LogP contribution in [-0.4, -0.2) is 39.3 Å². The van der Waals surface area contributed by atoms with Gasteiger partial charge in [-0.05, 0) is 38.3 Å². The fraction of sp³-hybridized carbons (Fsp3) is 0.429. The van der Waals surface area contributed by atoms with E-state index in [1.165, 1.54) is 6.33 Å². The van der Waals surface area contributed by atoms with Gasteiger partial charge in [0.1, 0.15) is 6.33 Å². The third kappa shape index (κ3) is 2.46. The summed E-state index contributed by atoms with van der Waals surface area (Å²) in [6, 6.07) is 7.69. The Morgan fingerprint density at radius 2 is 1.96 bits per heavy atom. The predicted molar refractivity (Wildman–Crippen MR) is 103 cm³/mol. The van der Waals surface area contributed by atoms with Gasteiger partial charge in [-0.25, -0.2) is 9.97 Å². The molecule has 2 aliphatic rings. The van der Waals surface area contributed by atoms with Gasteiger partial charge in [0, 0.05) is 12.2 Å². The second kappa shape index (κ2) is 6.44. The van der Waals surface area contributed by atoms with E-state index in [4.69, 9.17) is 0 Å². The number of nitrogens with one attached hydrogen (secondary N) is 1. The van der Waals surface area contributed by atoms with Crippen LogP contribution in [0.4, 0.5) is 5.69 Å². The number of para-hydroxylation sites is 1. The number of nitrogens with zero attached hydrogens (tertiary/aromatic N) is 3. The summed E-state index contributed by atoms with van der Waals surface area (Å²) in [5, 5.41) is 3.04. The van der Waals surface area contributed by atoms with E-state index in [1.54, 1.807) is 0 Å². The van der Waals surface area contributed by atoms with Crippen LogP contribution in [0.3, 0.4) is 0 Å². The summed E-state index contributed by atoms with van der Waals surface area (Å²) >= 11 is 0. The summed E-state index contributed by atoms with van der Waals surface area (Å²) in [7, 11) is 0. The van der Waals surface area contributed by atoms with Crippen LogP contribution in [0.5, 0.6) is 0 Å². The van der Waals surface area contributed by atoms with Gasteiger partial charge in [-0.2, -0.15) is 0 Å². The average Bonchev–Trinajstić information content (AvgIpc) is 3.15. The molecule has 3 heterocycles. The van der Waals surface area contributed by atoms with Crippen molar-refractivity contribution in [3.05, 3.63) is 53.1 Å². The lowest BCUT2D eigenvalue weighted by atomic mass is 9.73. The first-order valence-corrected chi connectivity index (χ1v) is 9.50. The maximum absolute atomic E-state index is 13.4. The Balaban J connectivity index is 1.79. The van der Waals surface area contributed by atoms with Crippen molar-refractivity contribution >= 4 is 17.5 Å². The Morgan fingerprint density at radius 3 is 2.67 bits per heavy atom. The summed E-state index contributed by atoms with van der Waals surface area (Å²) in [6.45, 7) is 6.31. The van der Waals surface area contributed by atoms with Crippen molar-refractivity contribution in [1.29, 1.82) is 0 Å². The number of anilines is 1. The molecule has 0 radical (unpaired) electrons. The first kappa shape index (κ1) is 17.6. The molecule has 0 unspecified atom stereocenters. The van der Waals surface area contributed by atoms with Crippen molar-refractivity contribution in [1.82, 2.24) is 14.9 Å². The van der Waals surface area contributed by atoms with Crippen LogP contribution < -0.4 is 5.32 Å². The van der Waals surface area contributed by atoms with E-state index in [2.05, 4.69) is 22.2 Å². The highest BCUT2D eigenvalue weighted by molar-refractivity contribution is 6.08. The molecule has 2 atom stereocenters. The largest absolute Gasteiger partial charge is 0.334 e. The van der Waals surface area contributed by atoms with Crippen LogP contribution in [0.25, 0.3) is 0 Å². The molecule has 2 aromatic rings. The molecule has 1 aromatic carbocycles. The molecule has 2 aliphatic heterocycles. The Labute approximate surface area is 159 Å². The van der Waals surface area contributed by atoms with Crippen molar-refractivity contribution in [2.75, 3.05) is 11.9 Å². The lowest BCUT2D eigenvalue weighted by Crippen LogP contribution is -2.49. The Hall–Kier alpha value is -2.76. The quantitative estimate of drug-likeness (QED) is 0.908. The van der Waals surface area contributed by atoms with Crippen LogP contribution in [0.2, 0.25) is 0 Å². The minimum absolute atomic E-state index is 0.00945. The van der Waals surface area contributed by atoms with Gasteiger partial charge in [0.25, 0.3) is 5.91 Å². The molecule has 0 bridgehead atoms. The molecule has 1 saturated heterocycles. The number of likely N-dealkylation sites (tertiary alicyclic amines) is 1. The van der Waals surface area contributed by atoms with E-state index in [9.17, 15) is 9.59 Å². The number of benzene rings is 1. The van der Waals surface area contributed by atoms with E-state index in [0.29, 0.717) is 29.9 Å². The molecule has 140 valence electrons. The topological polar surface area (TPSA) is 75.2 Å². The van der Waals surface area contributed by atoms with Crippen LogP contribution in [-0.2, 0) is 10.2 Å². The standard InChI is InChI=1S/C21H24N4O2/c1-4-7-17-21(15-8-5-6-9-16(15)24-20(21)27)10-11-25(17)19(26)18-13(2)22-12-23-14(18)3/h5-6,8-9,12,17H,4,7,10-11H2,1-3H3,(H,24,27)/t17-,21-/m0/s1. The van der Waals surface area contributed by atoms with Crippen LogP contribution in [0.15, 0.2) is 30.6 Å². The number of carbonyl (C=O) groups excluding carboxylic acids is 2. The maximum Gasteiger partial charge on any atom is 0.257 e. The lowest BCUT2D eigenvalue weighted by Gasteiger charge is -2.34. The maximum atomic E-state index is 13.4. The average molecular weight is 364 g/mol. The normalized spacial score (nSPS) is 23.6. The molecule has 4 rings (SSSR count). The highest BCUT2D eigenvalue weighted by Crippen LogP contribution is 2.49. The van der Waals surface area contributed by atoms with Gasteiger partial charge in [0.2, 0.25) is 5.91 Å². The molecule has 1 aromatic heterocycles. The van der Waals surface area contributed by atoms with E-state index in [1.807, 2.05) is 43.0 Å². The monoisotopic (exact) mass is 364 g/mol. The van der Waals surface area contributed by atoms with E-state index in [0.717, 1.165) is 24.1 Å². The van der Waals surface area contributed by atoms with Crippen molar-refractivity contribution in [2.24, 2.45) is 0 Å². The van der Waals surface area contributed by atoms with E-state index in [-0.39, 0.29) is 17.9 Å². The first-order chi connectivity index (χ1) is 13.0. The number of fused-ring (bicyclic) bond motifs is 2. The molecule has 1 N–H and O–H groups in total. The third-order valence-corrected chi connectivity index (χ3v) is 6.02. The number of aryl methyl sites for hydroxylation is 2. The van der Waals surface area contributed by atoms with Gasteiger partial charge < -0.3 is 10.2 Å². The minimum atomic E-state index is -0.667. The van der Waals surface area contributed by atoms with E-state index >= 15 is 0 Å². The zero-order chi connectivity index (χ0) is 19.2. The smallest absolute Gasteiger partial charge is 0.257 e. The van der Waals surface area contributed by atoms with Gasteiger partial charge in [0.05, 0.1) is 28.4 Å². The summed E-state index contributed by atoms with van der Waals surface area (Å²) in [5.41, 5.74) is 3.14. The van der Waals surface area contributed by atoms with E-state index < -0.39 is 5.41 Å². The highest BCUT2D eigenvalue weighted by Gasteiger charge is 2.58. The van der Waals surface area contributed by atoms with Gasteiger partial charge in [0.15, 0.2) is 0 Å². The highest BCUT2D eigenvalue weighted by atomic mass is 16.2. The molecule has 1 fully saturated rings. The molecular formula is C21H24N4O2. The molecule has 6 heteroatoms. The molecule has 0 aliphatic carbocycles. The fourth-order valence-electron chi connectivity index (χ4n) is 4.77. The number of hydrogen-bond acceptors (Lipinski definition) is 4. The van der Waals surface area contributed by atoms with Gasteiger partial charge in [-0.3, -0.25) is 9.59 Å². The summed E-state index contributed by atoms with van der Waals surface area (Å²) < 4.78 is 0. The molecular weight excluding hydrogens is 340 g/mol. The van der Waals surface area contributed by atoms with Crippen molar-refractivity contribution in [3.63, 3.8) is 0 Å². The summed E-state index contributed by atoms with van der Waals surface area (Å²) in [5.74, 6) is -0.0617. The number of amides is 2. The zero-order valence-electron chi connectivity index (χ0n) is 16.0. The Morgan fingerprint density at radius 1 is 1.26 bits per heavy atom. The predicted octanol–water partition coefficient (Wildman–Crippen LogP) is 3.00. The lowest BCUT2D eigenvalue weighted by molar-refractivity contribution is -0.121. The Kier molecular flexibility index (Phi) is 4.21. The second-order valence-corrected chi connectivity index (χ2v) is 7.44. The molecule has 2 amide bonds. The first-order valence-electron chi connectivity index (χ1n) is 9.50. The molecule has 1 spiro atoms. The van der Waals surface area contributed by atoms with Gasteiger partial charge in [-0.1, -0.05) is 31.5 Å². The zero-order valence-corrected chi connectivity index (χ0v) is 16.0. The molecule has 6 nitrogen and oxygen atoms in total. The summed E-state index contributed by atoms with van der Waals surface area (Å²) in [4.78, 5) is 36.8. The van der Waals surface area contributed by atoms with Crippen molar-refractivity contribution < 1.29 is 9.59 Å². The Bertz CT molecular complexity index is 906. The van der Waals surface area contributed by atoms with Crippen LogP contribution >= 0.6 is 0 Å². The van der Waals surface area contributed by atoms with Gasteiger partial charge >= 0.3 is 0 Å². The summed E-state index contributed by atoms with van der Waals surface area (Å²) in [6.07, 6.45) is 3.79. The number of rotatable bonds is 3. The number of aromatic nitrogens is 2.